The Hall–Kier alpha value is -1.00. The van der Waals surface area contributed by atoms with Crippen molar-refractivity contribution in [3.8, 4) is 0 Å². The number of rotatable bonds is 7. The fourth-order valence-corrected chi connectivity index (χ4v) is 2.18. The first-order valence-electron chi connectivity index (χ1n) is 6.17. The van der Waals surface area contributed by atoms with Gasteiger partial charge in [0.25, 0.3) is 5.91 Å². The van der Waals surface area contributed by atoms with Crippen LogP contribution in [0.5, 0.6) is 0 Å². The van der Waals surface area contributed by atoms with Crippen LogP contribution in [0, 0.1) is 0 Å². The van der Waals surface area contributed by atoms with Gasteiger partial charge in [-0.05, 0) is 43.7 Å². The van der Waals surface area contributed by atoms with E-state index in [-0.39, 0.29) is 12.0 Å². The molecule has 18 heavy (non-hydrogen) atoms. The van der Waals surface area contributed by atoms with Crippen molar-refractivity contribution < 1.29 is 9.90 Å². The highest BCUT2D eigenvalue weighted by atomic mass is 32.2. The van der Waals surface area contributed by atoms with Crippen LogP contribution in [0.2, 0.25) is 0 Å². The molecule has 3 nitrogen and oxygen atoms in total. The van der Waals surface area contributed by atoms with Crippen molar-refractivity contribution in [2.45, 2.75) is 31.6 Å². The van der Waals surface area contributed by atoms with Crippen molar-refractivity contribution in [3.05, 3.63) is 35.4 Å². The molecule has 0 heterocycles. The standard InChI is InChI=1S/C14H21NO2S/c1-11(16)5-4-8-15-14(17)13-7-3-6-12(9-13)10-18-2/h3,6-7,9,11,16H,4-5,8,10H2,1-2H3,(H,15,17). The third-order valence-electron chi connectivity index (χ3n) is 2.58. The highest BCUT2D eigenvalue weighted by molar-refractivity contribution is 7.97. The first-order chi connectivity index (χ1) is 8.63. The Bertz CT molecular complexity index is 380. The normalized spacial score (nSPS) is 12.2. The molecule has 1 unspecified atom stereocenters. The van der Waals surface area contributed by atoms with Crippen molar-refractivity contribution in [2.24, 2.45) is 0 Å². The third kappa shape index (κ3) is 5.56. The molecule has 0 spiro atoms. The van der Waals surface area contributed by atoms with Gasteiger partial charge in [0.1, 0.15) is 0 Å². The van der Waals surface area contributed by atoms with Crippen LogP contribution in [-0.4, -0.2) is 29.9 Å². The van der Waals surface area contributed by atoms with E-state index < -0.39 is 0 Å². The Kier molecular flexibility index (Phi) is 6.83. The van der Waals surface area contributed by atoms with E-state index in [2.05, 4.69) is 5.32 Å². The number of carbonyl (C=O) groups is 1. The van der Waals surface area contributed by atoms with E-state index in [0.29, 0.717) is 18.5 Å². The van der Waals surface area contributed by atoms with Crippen LogP contribution in [0.15, 0.2) is 24.3 Å². The molecule has 1 atom stereocenters. The van der Waals surface area contributed by atoms with Crippen LogP contribution in [0.4, 0.5) is 0 Å². The van der Waals surface area contributed by atoms with Gasteiger partial charge in [-0.2, -0.15) is 11.8 Å². The molecular formula is C14H21NO2S. The average molecular weight is 267 g/mol. The molecule has 1 aromatic rings. The fourth-order valence-electron chi connectivity index (χ4n) is 1.67. The van der Waals surface area contributed by atoms with Gasteiger partial charge >= 0.3 is 0 Å². The number of amides is 1. The zero-order valence-corrected chi connectivity index (χ0v) is 11.8. The largest absolute Gasteiger partial charge is 0.393 e. The van der Waals surface area contributed by atoms with Gasteiger partial charge in [-0.25, -0.2) is 0 Å². The zero-order chi connectivity index (χ0) is 13.4. The van der Waals surface area contributed by atoms with E-state index >= 15 is 0 Å². The summed E-state index contributed by atoms with van der Waals surface area (Å²) in [5.41, 5.74) is 1.87. The minimum absolute atomic E-state index is 0.0384. The fraction of sp³-hybridized carbons (Fsp3) is 0.500. The van der Waals surface area contributed by atoms with Gasteiger partial charge in [-0.1, -0.05) is 12.1 Å². The van der Waals surface area contributed by atoms with Crippen molar-refractivity contribution in [1.29, 1.82) is 0 Å². The van der Waals surface area contributed by atoms with Gasteiger partial charge in [-0.15, -0.1) is 0 Å². The van der Waals surface area contributed by atoms with E-state index in [1.807, 2.05) is 30.5 Å². The van der Waals surface area contributed by atoms with Crippen molar-refractivity contribution in [1.82, 2.24) is 5.32 Å². The molecule has 0 saturated heterocycles. The number of thioether (sulfide) groups is 1. The van der Waals surface area contributed by atoms with E-state index in [1.165, 1.54) is 5.56 Å². The number of carbonyl (C=O) groups excluding carboxylic acids is 1. The minimum Gasteiger partial charge on any atom is -0.393 e. The average Bonchev–Trinajstić information content (AvgIpc) is 2.35. The highest BCUT2D eigenvalue weighted by Gasteiger charge is 2.05. The van der Waals surface area contributed by atoms with E-state index in [1.54, 1.807) is 18.7 Å². The lowest BCUT2D eigenvalue weighted by molar-refractivity contribution is 0.0949. The summed E-state index contributed by atoms with van der Waals surface area (Å²) >= 11 is 1.74. The lowest BCUT2D eigenvalue weighted by Gasteiger charge is -2.07. The maximum Gasteiger partial charge on any atom is 0.251 e. The molecular weight excluding hydrogens is 246 g/mol. The number of aliphatic hydroxyl groups is 1. The molecule has 0 aliphatic carbocycles. The van der Waals surface area contributed by atoms with Crippen LogP contribution in [0.1, 0.15) is 35.7 Å². The predicted octanol–water partition coefficient (Wildman–Crippen LogP) is 2.44. The Morgan fingerprint density at radius 3 is 2.94 bits per heavy atom. The maximum absolute atomic E-state index is 11.9. The van der Waals surface area contributed by atoms with Gasteiger partial charge in [0.2, 0.25) is 0 Å². The molecule has 0 fully saturated rings. The van der Waals surface area contributed by atoms with Gasteiger partial charge in [-0.3, -0.25) is 4.79 Å². The molecule has 4 heteroatoms. The Balaban J connectivity index is 2.43. The van der Waals surface area contributed by atoms with Gasteiger partial charge in [0.05, 0.1) is 6.10 Å². The quantitative estimate of drug-likeness (QED) is 0.746. The molecule has 0 aliphatic heterocycles. The SMILES string of the molecule is CSCc1cccc(C(=O)NCCCC(C)O)c1. The lowest BCUT2D eigenvalue weighted by Crippen LogP contribution is -2.25. The predicted molar refractivity (Wildman–Crippen MR) is 76.9 cm³/mol. The van der Waals surface area contributed by atoms with E-state index in [4.69, 9.17) is 5.11 Å². The maximum atomic E-state index is 11.9. The summed E-state index contributed by atoms with van der Waals surface area (Å²) in [6.07, 6.45) is 3.26. The van der Waals surface area contributed by atoms with Crippen molar-refractivity contribution in [2.75, 3.05) is 12.8 Å². The second-order valence-electron chi connectivity index (χ2n) is 4.38. The third-order valence-corrected chi connectivity index (χ3v) is 3.21. The molecule has 1 aromatic carbocycles. The second kappa shape index (κ2) is 8.16. The summed E-state index contributed by atoms with van der Waals surface area (Å²) in [4.78, 5) is 11.9. The van der Waals surface area contributed by atoms with Crippen LogP contribution in [-0.2, 0) is 5.75 Å². The number of hydrogen-bond donors (Lipinski definition) is 2. The van der Waals surface area contributed by atoms with Crippen LogP contribution >= 0.6 is 11.8 Å². The zero-order valence-electron chi connectivity index (χ0n) is 11.0. The summed E-state index contributed by atoms with van der Waals surface area (Å²) in [5.74, 6) is 0.881. The minimum atomic E-state index is -0.299. The number of aliphatic hydroxyl groups excluding tert-OH is 1. The summed E-state index contributed by atoms with van der Waals surface area (Å²) in [6.45, 7) is 2.37. The Morgan fingerprint density at radius 2 is 2.28 bits per heavy atom. The Morgan fingerprint density at radius 1 is 1.50 bits per heavy atom. The molecule has 1 rings (SSSR count). The first kappa shape index (κ1) is 15.1. The van der Waals surface area contributed by atoms with Gasteiger partial charge in [0.15, 0.2) is 0 Å². The van der Waals surface area contributed by atoms with Crippen molar-refractivity contribution in [3.63, 3.8) is 0 Å². The molecule has 2 N–H and O–H groups in total. The summed E-state index contributed by atoms with van der Waals surface area (Å²) in [7, 11) is 0. The molecule has 0 saturated carbocycles. The lowest BCUT2D eigenvalue weighted by atomic mass is 10.1. The topological polar surface area (TPSA) is 49.3 Å². The molecule has 100 valence electrons. The van der Waals surface area contributed by atoms with E-state index in [0.717, 1.165) is 12.2 Å². The highest BCUT2D eigenvalue weighted by Crippen LogP contribution is 2.11. The monoisotopic (exact) mass is 267 g/mol. The molecule has 1 amide bonds. The van der Waals surface area contributed by atoms with E-state index in [9.17, 15) is 4.79 Å². The van der Waals surface area contributed by atoms with Crippen LogP contribution in [0.3, 0.4) is 0 Å². The number of nitrogens with one attached hydrogen (secondary N) is 1. The summed E-state index contributed by atoms with van der Waals surface area (Å²) in [6, 6.07) is 7.70. The number of benzene rings is 1. The molecule has 0 aliphatic rings. The van der Waals surface area contributed by atoms with Gasteiger partial charge in [0, 0.05) is 17.9 Å². The van der Waals surface area contributed by atoms with Crippen molar-refractivity contribution >= 4 is 17.7 Å². The second-order valence-corrected chi connectivity index (χ2v) is 5.25. The smallest absolute Gasteiger partial charge is 0.251 e. The summed E-state index contributed by atoms with van der Waals surface area (Å²) in [5, 5.41) is 12.0. The Labute approximate surface area is 113 Å². The van der Waals surface area contributed by atoms with Crippen LogP contribution in [0.25, 0.3) is 0 Å². The molecule has 0 bridgehead atoms. The first-order valence-corrected chi connectivity index (χ1v) is 7.57. The molecule has 0 aromatic heterocycles. The van der Waals surface area contributed by atoms with Gasteiger partial charge < -0.3 is 10.4 Å². The number of hydrogen-bond acceptors (Lipinski definition) is 3. The summed E-state index contributed by atoms with van der Waals surface area (Å²) < 4.78 is 0. The molecule has 0 radical (unpaired) electrons. The van der Waals surface area contributed by atoms with Crippen LogP contribution < -0.4 is 5.32 Å².